The standard InChI is InChI=1S/C19H20Br2O/c1-13-15(5-3-6-16(13)11-20)9-10-19(22)18-8-4-7-17(12-21)14(18)2/h3-8H,9-12H2,1-2H3. The molecule has 0 spiro atoms. The van der Waals surface area contributed by atoms with Gasteiger partial charge in [0.2, 0.25) is 0 Å². The molecule has 2 rings (SSSR count). The van der Waals surface area contributed by atoms with E-state index in [0.717, 1.165) is 28.2 Å². The molecule has 0 heterocycles. The predicted molar refractivity (Wildman–Crippen MR) is 100 cm³/mol. The van der Waals surface area contributed by atoms with Crippen LogP contribution in [0, 0.1) is 13.8 Å². The van der Waals surface area contributed by atoms with Crippen molar-refractivity contribution in [3.8, 4) is 0 Å². The van der Waals surface area contributed by atoms with Crippen LogP contribution in [0.2, 0.25) is 0 Å². The summed E-state index contributed by atoms with van der Waals surface area (Å²) in [5.41, 5.74) is 6.98. The lowest BCUT2D eigenvalue weighted by Gasteiger charge is -2.11. The third-order valence-corrected chi connectivity index (χ3v) is 5.42. The van der Waals surface area contributed by atoms with Gasteiger partial charge in [-0.25, -0.2) is 0 Å². The van der Waals surface area contributed by atoms with Gasteiger partial charge in [0.05, 0.1) is 0 Å². The van der Waals surface area contributed by atoms with E-state index in [9.17, 15) is 4.79 Å². The van der Waals surface area contributed by atoms with Crippen molar-refractivity contribution in [3.63, 3.8) is 0 Å². The number of aryl methyl sites for hydroxylation is 1. The zero-order chi connectivity index (χ0) is 16.1. The van der Waals surface area contributed by atoms with Crippen LogP contribution in [-0.2, 0) is 17.1 Å². The average molecular weight is 424 g/mol. The molecule has 0 amide bonds. The molecular weight excluding hydrogens is 404 g/mol. The third kappa shape index (κ3) is 3.88. The van der Waals surface area contributed by atoms with E-state index in [1.807, 2.05) is 19.1 Å². The SMILES string of the molecule is Cc1c(CBr)cccc1CCC(=O)c1cccc(CBr)c1C. The molecule has 2 aromatic carbocycles. The van der Waals surface area contributed by atoms with Gasteiger partial charge in [-0.05, 0) is 48.1 Å². The third-order valence-electron chi connectivity index (χ3n) is 4.21. The highest BCUT2D eigenvalue weighted by atomic mass is 79.9. The Kier molecular flexibility index (Phi) is 6.39. The molecule has 0 saturated carbocycles. The summed E-state index contributed by atoms with van der Waals surface area (Å²) in [5, 5.41) is 1.64. The van der Waals surface area contributed by atoms with E-state index in [0.29, 0.717) is 6.42 Å². The molecule has 0 unspecified atom stereocenters. The zero-order valence-electron chi connectivity index (χ0n) is 13.0. The topological polar surface area (TPSA) is 17.1 Å². The molecule has 116 valence electrons. The molecule has 0 radical (unpaired) electrons. The van der Waals surface area contributed by atoms with Gasteiger partial charge in [-0.15, -0.1) is 0 Å². The Labute approximate surface area is 149 Å². The number of carbonyl (C=O) groups is 1. The number of alkyl halides is 2. The van der Waals surface area contributed by atoms with Crippen molar-refractivity contribution < 1.29 is 4.79 Å². The molecule has 0 atom stereocenters. The fourth-order valence-electron chi connectivity index (χ4n) is 2.67. The van der Waals surface area contributed by atoms with Crippen LogP contribution in [0.5, 0.6) is 0 Å². The van der Waals surface area contributed by atoms with Gasteiger partial charge in [-0.1, -0.05) is 68.3 Å². The lowest BCUT2D eigenvalue weighted by atomic mass is 9.94. The van der Waals surface area contributed by atoms with Crippen LogP contribution >= 0.6 is 31.9 Å². The van der Waals surface area contributed by atoms with Gasteiger partial charge in [-0.2, -0.15) is 0 Å². The maximum absolute atomic E-state index is 12.5. The molecule has 0 fully saturated rings. The number of rotatable bonds is 6. The highest BCUT2D eigenvalue weighted by Crippen LogP contribution is 2.21. The largest absolute Gasteiger partial charge is 0.294 e. The quantitative estimate of drug-likeness (QED) is 0.417. The Morgan fingerprint density at radius 2 is 1.41 bits per heavy atom. The predicted octanol–water partition coefficient (Wildman–Crippen LogP) is 5.91. The van der Waals surface area contributed by atoms with Crippen LogP contribution in [-0.4, -0.2) is 5.78 Å². The van der Waals surface area contributed by atoms with Gasteiger partial charge in [0.1, 0.15) is 0 Å². The summed E-state index contributed by atoms with van der Waals surface area (Å²) in [7, 11) is 0. The summed E-state index contributed by atoms with van der Waals surface area (Å²) in [4.78, 5) is 12.5. The van der Waals surface area contributed by atoms with Crippen LogP contribution in [0.25, 0.3) is 0 Å². The first-order chi connectivity index (χ1) is 10.6. The lowest BCUT2D eigenvalue weighted by Crippen LogP contribution is -2.06. The van der Waals surface area contributed by atoms with E-state index in [2.05, 4.69) is 63.0 Å². The summed E-state index contributed by atoms with van der Waals surface area (Å²) in [6.45, 7) is 4.16. The maximum atomic E-state index is 12.5. The minimum Gasteiger partial charge on any atom is -0.294 e. The van der Waals surface area contributed by atoms with Crippen molar-refractivity contribution in [3.05, 3.63) is 69.8 Å². The average Bonchev–Trinajstić information content (AvgIpc) is 2.54. The summed E-state index contributed by atoms with van der Waals surface area (Å²) in [6.07, 6.45) is 1.35. The van der Waals surface area contributed by atoms with Crippen LogP contribution in [0.1, 0.15) is 44.6 Å². The van der Waals surface area contributed by atoms with E-state index in [1.165, 1.54) is 22.3 Å². The molecule has 0 aliphatic carbocycles. The Hall–Kier alpha value is -0.930. The van der Waals surface area contributed by atoms with Crippen molar-refractivity contribution >= 4 is 37.6 Å². The summed E-state index contributed by atoms with van der Waals surface area (Å²) in [6, 6.07) is 12.3. The first kappa shape index (κ1) is 17.4. The maximum Gasteiger partial charge on any atom is 0.163 e. The Balaban J connectivity index is 2.14. The minimum atomic E-state index is 0.226. The summed E-state index contributed by atoms with van der Waals surface area (Å²) < 4.78 is 0. The van der Waals surface area contributed by atoms with Crippen LogP contribution < -0.4 is 0 Å². The lowest BCUT2D eigenvalue weighted by molar-refractivity contribution is 0.0982. The molecule has 0 bridgehead atoms. The molecule has 0 N–H and O–H groups in total. The van der Waals surface area contributed by atoms with Gasteiger partial charge >= 0.3 is 0 Å². The van der Waals surface area contributed by atoms with Gasteiger partial charge in [0.15, 0.2) is 5.78 Å². The smallest absolute Gasteiger partial charge is 0.163 e. The second kappa shape index (κ2) is 8.07. The van der Waals surface area contributed by atoms with Gasteiger partial charge in [-0.3, -0.25) is 4.79 Å². The number of hydrogen-bond donors (Lipinski definition) is 0. The molecule has 1 nitrogen and oxygen atoms in total. The molecule has 0 aromatic heterocycles. The van der Waals surface area contributed by atoms with Gasteiger partial charge in [0.25, 0.3) is 0 Å². The van der Waals surface area contributed by atoms with E-state index in [1.54, 1.807) is 0 Å². The Morgan fingerprint density at radius 1 is 0.864 bits per heavy atom. The minimum absolute atomic E-state index is 0.226. The van der Waals surface area contributed by atoms with Gasteiger partial charge < -0.3 is 0 Å². The van der Waals surface area contributed by atoms with Crippen molar-refractivity contribution in [1.82, 2.24) is 0 Å². The summed E-state index contributed by atoms with van der Waals surface area (Å²) >= 11 is 6.99. The van der Waals surface area contributed by atoms with Crippen molar-refractivity contribution in [2.75, 3.05) is 0 Å². The molecule has 22 heavy (non-hydrogen) atoms. The number of carbonyl (C=O) groups excluding carboxylic acids is 1. The normalized spacial score (nSPS) is 10.7. The number of hydrogen-bond acceptors (Lipinski definition) is 1. The van der Waals surface area contributed by atoms with Crippen LogP contribution in [0.3, 0.4) is 0 Å². The number of ketones is 1. The van der Waals surface area contributed by atoms with Crippen molar-refractivity contribution in [1.29, 1.82) is 0 Å². The van der Waals surface area contributed by atoms with E-state index in [-0.39, 0.29) is 5.78 Å². The zero-order valence-corrected chi connectivity index (χ0v) is 16.1. The fraction of sp³-hybridized carbons (Fsp3) is 0.316. The highest BCUT2D eigenvalue weighted by Gasteiger charge is 2.12. The fourth-order valence-corrected chi connectivity index (χ4v) is 3.88. The van der Waals surface area contributed by atoms with Crippen LogP contribution in [0.15, 0.2) is 36.4 Å². The monoisotopic (exact) mass is 422 g/mol. The van der Waals surface area contributed by atoms with E-state index in [4.69, 9.17) is 0 Å². The molecular formula is C19H20Br2O. The molecule has 3 heteroatoms. The number of Topliss-reactive ketones (excluding diaryl/α,β-unsaturated/α-hetero) is 1. The molecule has 0 aliphatic heterocycles. The van der Waals surface area contributed by atoms with Crippen molar-refractivity contribution in [2.45, 2.75) is 37.3 Å². The number of benzene rings is 2. The molecule has 0 saturated heterocycles. The number of halogens is 2. The van der Waals surface area contributed by atoms with E-state index >= 15 is 0 Å². The first-order valence-corrected chi connectivity index (χ1v) is 9.63. The first-order valence-electron chi connectivity index (χ1n) is 7.39. The second-order valence-electron chi connectivity index (χ2n) is 5.48. The van der Waals surface area contributed by atoms with Gasteiger partial charge in [0, 0.05) is 22.6 Å². The highest BCUT2D eigenvalue weighted by molar-refractivity contribution is 9.08. The van der Waals surface area contributed by atoms with Crippen LogP contribution in [0.4, 0.5) is 0 Å². The van der Waals surface area contributed by atoms with Crippen molar-refractivity contribution in [2.24, 2.45) is 0 Å². The molecule has 0 aliphatic rings. The Morgan fingerprint density at radius 3 is 2.05 bits per heavy atom. The Bertz CT molecular complexity index is 677. The molecule has 2 aromatic rings. The summed E-state index contributed by atoms with van der Waals surface area (Å²) in [5.74, 6) is 0.226. The van der Waals surface area contributed by atoms with E-state index < -0.39 is 0 Å². The second-order valence-corrected chi connectivity index (χ2v) is 6.60.